The van der Waals surface area contributed by atoms with E-state index in [0.29, 0.717) is 25.3 Å². The summed E-state index contributed by atoms with van der Waals surface area (Å²) in [7, 11) is 4.17. The number of imidazole rings is 1. The summed E-state index contributed by atoms with van der Waals surface area (Å²) in [6, 6.07) is 7.91. The summed E-state index contributed by atoms with van der Waals surface area (Å²) >= 11 is 5.82. The minimum absolute atomic E-state index is 0.203. The van der Waals surface area contributed by atoms with Gasteiger partial charge in [0.1, 0.15) is 11.5 Å². The van der Waals surface area contributed by atoms with Crippen LogP contribution in [0.2, 0.25) is 5.02 Å². The van der Waals surface area contributed by atoms with Gasteiger partial charge in [0.25, 0.3) is 0 Å². The monoisotopic (exact) mass is 476 g/mol. The van der Waals surface area contributed by atoms with E-state index in [1.54, 1.807) is 4.90 Å². The fraction of sp³-hybridized carbons (Fsp3) is 0.500. The molecule has 184 valence electrons. The lowest BCUT2D eigenvalue weighted by molar-refractivity contribution is -0.119. The molecular formula is C26H41ClN4O2. The summed E-state index contributed by atoms with van der Waals surface area (Å²) in [5.41, 5.74) is 2.01. The smallest absolute Gasteiger partial charge is 0.210 e. The van der Waals surface area contributed by atoms with Crippen molar-refractivity contribution in [3.8, 4) is 0 Å². The van der Waals surface area contributed by atoms with Crippen molar-refractivity contribution < 1.29 is 9.59 Å². The molecule has 1 aromatic heterocycles. The number of carbonyl (C=O) groups is 2. The van der Waals surface area contributed by atoms with Crippen LogP contribution in [0.1, 0.15) is 63.4 Å². The normalized spacial score (nSPS) is 12.5. The van der Waals surface area contributed by atoms with Gasteiger partial charge in [0.15, 0.2) is 6.29 Å². The van der Waals surface area contributed by atoms with Crippen LogP contribution in [-0.2, 0) is 24.3 Å². The van der Waals surface area contributed by atoms with E-state index in [9.17, 15) is 9.59 Å². The first-order chi connectivity index (χ1) is 15.7. The molecule has 0 radical (unpaired) electrons. The lowest BCUT2D eigenvalue weighted by Gasteiger charge is -2.28. The largest absolute Gasteiger partial charge is 0.336 e. The predicted octanol–water partition coefficient (Wildman–Crippen LogP) is 5.50. The van der Waals surface area contributed by atoms with Gasteiger partial charge in [-0.25, -0.2) is 4.98 Å². The molecule has 1 aromatic carbocycles. The Morgan fingerprint density at radius 2 is 1.79 bits per heavy atom. The molecule has 0 fully saturated rings. The predicted molar refractivity (Wildman–Crippen MR) is 139 cm³/mol. The molecule has 0 atom stereocenters. The number of hydrogen-bond donors (Lipinski definition) is 0. The van der Waals surface area contributed by atoms with Crippen molar-refractivity contribution in [1.29, 1.82) is 0 Å². The highest BCUT2D eigenvalue weighted by molar-refractivity contribution is 6.31. The Labute approximate surface area is 205 Å². The van der Waals surface area contributed by atoms with Gasteiger partial charge in [0.2, 0.25) is 6.41 Å². The molecular weight excluding hydrogens is 436 g/mol. The molecule has 0 aliphatic carbocycles. The fourth-order valence-corrected chi connectivity index (χ4v) is 3.10. The summed E-state index contributed by atoms with van der Waals surface area (Å²) in [6.07, 6.45) is 8.41. The van der Waals surface area contributed by atoms with Crippen molar-refractivity contribution in [1.82, 2.24) is 19.4 Å². The maximum absolute atomic E-state index is 10.5. The minimum Gasteiger partial charge on any atom is -0.336 e. The van der Waals surface area contributed by atoms with Crippen LogP contribution in [0.15, 0.2) is 42.6 Å². The number of aromatic nitrogens is 2. The number of benzene rings is 1. The Morgan fingerprint density at radius 1 is 1.15 bits per heavy atom. The van der Waals surface area contributed by atoms with Gasteiger partial charge in [0.05, 0.1) is 12.7 Å². The molecule has 6 nitrogen and oxygen atoms in total. The number of fused-ring (bicyclic) bond motifs is 1. The Morgan fingerprint density at radius 3 is 2.21 bits per heavy atom. The molecule has 0 bridgehead atoms. The number of hydrogen-bond acceptors (Lipinski definition) is 4. The van der Waals surface area contributed by atoms with E-state index in [-0.39, 0.29) is 5.54 Å². The Bertz CT molecular complexity index is 860. The van der Waals surface area contributed by atoms with Gasteiger partial charge in [-0.15, -0.1) is 0 Å². The van der Waals surface area contributed by atoms with E-state index >= 15 is 0 Å². The first-order valence-corrected chi connectivity index (χ1v) is 11.8. The Balaban J connectivity index is 0.000000461. The van der Waals surface area contributed by atoms with Crippen LogP contribution in [0.5, 0.6) is 0 Å². The first-order valence-electron chi connectivity index (χ1n) is 11.4. The van der Waals surface area contributed by atoms with Crippen molar-refractivity contribution in [2.24, 2.45) is 0 Å². The van der Waals surface area contributed by atoms with Crippen LogP contribution in [0, 0.1) is 0 Å². The third-order valence-electron chi connectivity index (χ3n) is 5.26. The average molecular weight is 477 g/mol. The number of aldehydes is 1. The van der Waals surface area contributed by atoms with E-state index in [1.165, 1.54) is 11.8 Å². The van der Waals surface area contributed by atoms with Crippen LogP contribution in [0.3, 0.4) is 0 Å². The Hall–Kier alpha value is -2.44. The maximum atomic E-state index is 10.5. The molecule has 0 saturated heterocycles. The van der Waals surface area contributed by atoms with Gasteiger partial charge in [-0.1, -0.05) is 62.7 Å². The maximum Gasteiger partial charge on any atom is 0.210 e. The van der Waals surface area contributed by atoms with Gasteiger partial charge in [-0.2, -0.15) is 0 Å². The summed E-state index contributed by atoms with van der Waals surface area (Å²) in [6.45, 7) is 14.3. The van der Waals surface area contributed by atoms with Gasteiger partial charge < -0.3 is 14.4 Å². The van der Waals surface area contributed by atoms with Crippen molar-refractivity contribution >= 4 is 24.3 Å². The highest BCUT2D eigenvalue weighted by Crippen LogP contribution is 2.14. The number of amides is 1. The second kappa shape index (κ2) is 16.2. The third-order valence-corrected chi connectivity index (χ3v) is 5.63. The number of halogens is 1. The van der Waals surface area contributed by atoms with E-state index in [0.717, 1.165) is 30.0 Å². The first kappa shape index (κ1) is 30.6. The standard InChI is InChI=1S/C8H9Cl.C8H9N3O2.C8H17N.C2H6/c1-2-7-5-3-4-6-8(7)9;12-5-7-3-9-8-4-10(6-13)1-2-11(7)8;1-6-7-8(2,3)9(4)5;1-2/h3-6H,2H2,1H3;3,5-6H,1-2,4H2;6-7H,1-5H3;1-2H3/b;;7-6+;. The summed E-state index contributed by atoms with van der Waals surface area (Å²) in [5.74, 6) is 0.778. The second-order valence-corrected chi connectivity index (χ2v) is 8.34. The molecule has 3 rings (SSSR count). The highest BCUT2D eigenvalue weighted by atomic mass is 35.5. The van der Waals surface area contributed by atoms with E-state index in [2.05, 4.69) is 56.9 Å². The lowest BCUT2D eigenvalue weighted by atomic mass is 10.0. The molecule has 1 aliphatic heterocycles. The molecule has 0 saturated carbocycles. The van der Waals surface area contributed by atoms with Crippen molar-refractivity contribution in [2.45, 2.75) is 66.6 Å². The van der Waals surface area contributed by atoms with Crippen molar-refractivity contribution in [2.75, 3.05) is 20.6 Å². The zero-order valence-electron chi connectivity index (χ0n) is 21.5. The SMILES string of the molecule is C/C=C/C(C)(C)N(C)C.CC.CCc1ccccc1Cl.O=Cc1cnc2n1CCN(C=O)C2. The van der Waals surface area contributed by atoms with Crippen LogP contribution >= 0.6 is 11.6 Å². The average Bonchev–Trinajstić information content (AvgIpc) is 3.23. The van der Waals surface area contributed by atoms with E-state index in [1.807, 2.05) is 49.6 Å². The Kier molecular flexibility index (Phi) is 15.0. The molecule has 0 unspecified atom stereocenters. The van der Waals surface area contributed by atoms with E-state index < -0.39 is 0 Å². The summed E-state index contributed by atoms with van der Waals surface area (Å²) in [4.78, 5) is 28.9. The minimum atomic E-state index is 0.203. The molecule has 1 aliphatic rings. The van der Waals surface area contributed by atoms with Crippen LogP contribution in [-0.4, -0.2) is 58.2 Å². The van der Waals surface area contributed by atoms with Gasteiger partial charge in [-0.05, 0) is 52.9 Å². The topological polar surface area (TPSA) is 58.4 Å². The molecule has 2 aromatic rings. The van der Waals surface area contributed by atoms with Crippen molar-refractivity contribution in [3.63, 3.8) is 0 Å². The molecule has 7 heteroatoms. The van der Waals surface area contributed by atoms with Gasteiger partial charge >= 0.3 is 0 Å². The number of likely N-dealkylation sites (N-methyl/N-ethyl adjacent to an activating group) is 1. The van der Waals surface area contributed by atoms with E-state index in [4.69, 9.17) is 11.6 Å². The second-order valence-electron chi connectivity index (χ2n) is 7.94. The van der Waals surface area contributed by atoms with Crippen molar-refractivity contribution in [3.05, 3.63) is 64.7 Å². The molecule has 1 amide bonds. The number of allylic oxidation sites excluding steroid dienone is 1. The molecule has 0 N–H and O–H groups in total. The van der Waals surface area contributed by atoms with Crippen LogP contribution < -0.4 is 0 Å². The summed E-state index contributed by atoms with van der Waals surface area (Å²) in [5, 5.41) is 0.875. The quantitative estimate of drug-likeness (QED) is 0.422. The highest BCUT2D eigenvalue weighted by Gasteiger charge is 2.17. The fourth-order valence-electron chi connectivity index (χ4n) is 2.83. The van der Waals surface area contributed by atoms with Crippen LogP contribution in [0.4, 0.5) is 0 Å². The van der Waals surface area contributed by atoms with Crippen LogP contribution in [0.25, 0.3) is 0 Å². The lowest BCUT2D eigenvalue weighted by Crippen LogP contribution is -2.35. The zero-order chi connectivity index (χ0) is 25.4. The summed E-state index contributed by atoms with van der Waals surface area (Å²) < 4.78 is 1.84. The number of carbonyl (C=O) groups excluding carboxylic acids is 2. The zero-order valence-corrected chi connectivity index (χ0v) is 22.3. The van der Waals surface area contributed by atoms with Gasteiger partial charge in [0, 0.05) is 23.7 Å². The number of aryl methyl sites for hydroxylation is 1. The number of nitrogens with zero attached hydrogens (tertiary/aromatic N) is 4. The molecule has 2 heterocycles. The third kappa shape index (κ3) is 10.4. The molecule has 0 spiro atoms. The number of rotatable bonds is 5. The van der Waals surface area contributed by atoms with Gasteiger partial charge in [-0.3, -0.25) is 9.59 Å². The molecule has 33 heavy (non-hydrogen) atoms.